The minimum absolute atomic E-state index is 0.00587. The predicted octanol–water partition coefficient (Wildman–Crippen LogP) is 1.37. The second kappa shape index (κ2) is 17.7. The van der Waals surface area contributed by atoms with Gasteiger partial charge >= 0.3 is 12.0 Å². The third-order valence-corrected chi connectivity index (χ3v) is 11.5. The van der Waals surface area contributed by atoms with Gasteiger partial charge in [-0.15, -0.1) is 0 Å². The largest absolute Gasteiger partial charge is 0.462 e. The molecule has 0 saturated carbocycles. The number of urea groups is 1. The van der Waals surface area contributed by atoms with Gasteiger partial charge in [-0.25, -0.2) is 13.6 Å². The zero-order valence-electron chi connectivity index (χ0n) is 32.8. The van der Waals surface area contributed by atoms with E-state index in [0.717, 1.165) is 12.1 Å². The smallest absolute Gasteiger partial charge is 0.323 e. The molecule has 17 nitrogen and oxygen atoms in total. The van der Waals surface area contributed by atoms with Crippen LogP contribution in [0.2, 0.25) is 0 Å². The van der Waals surface area contributed by atoms with Crippen LogP contribution in [0.25, 0.3) is 0 Å². The number of esters is 1. The van der Waals surface area contributed by atoms with E-state index in [4.69, 9.17) is 14.2 Å². The summed E-state index contributed by atoms with van der Waals surface area (Å²) < 4.78 is 45.1. The number of carbonyl (C=O) groups excluding carboxylic acids is 6. The van der Waals surface area contributed by atoms with Crippen LogP contribution in [0.3, 0.4) is 0 Å². The summed E-state index contributed by atoms with van der Waals surface area (Å²) in [7, 11) is 0. The fraction of sp³-hybridized carbons (Fsp3) is 0.550. The second-order valence-electron chi connectivity index (χ2n) is 15.9. The van der Waals surface area contributed by atoms with Crippen molar-refractivity contribution < 1.29 is 56.9 Å². The van der Waals surface area contributed by atoms with Crippen molar-refractivity contribution in [2.45, 2.75) is 101 Å². The Balaban J connectivity index is 1.18. The van der Waals surface area contributed by atoms with E-state index in [1.807, 2.05) is 6.92 Å². The van der Waals surface area contributed by atoms with Gasteiger partial charge in [0.2, 0.25) is 30.4 Å². The highest BCUT2D eigenvalue weighted by molar-refractivity contribution is 5.97. The molecule has 0 aromatic heterocycles. The summed E-state index contributed by atoms with van der Waals surface area (Å²) in [6.07, 6.45) is 0.982. The third-order valence-electron chi connectivity index (χ3n) is 11.5. The van der Waals surface area contributed by atoms with Crippen LogP contribution < -0.4 is 30.7 Å². The number of nitrogens with one attached hydrogen (secondary N) is 4. The Labute approximate surface area is 339 Å². The number of cyclic esters (lactones) is 1. The number of nitrogens with zero attached hydrogens (tertiary/aromatic N) is 3. The highest BCUT2D eigenvalue weighted by Crippen LogP contribution is 2.34. The van der Waals surface area contributed by atoms with E-state index in [-0.39, 0.29) is 43.5 Å². The highest BCUT2D eigenvalue weighted by Gasteiger charge is 2.46. The molecule has 4 saturated heterocycles. The second-order valence-corrected chi connectivity index (χ2v) is 15.9. The Morgan fingerprint density at radius 2 is 1.59 bits per heavy atom. The molecule has 4 fully saturated rings. The van der Waals surface area contributed by atoms with E-state index in [0.29, 0.717) is 56.2 Å². The van der Waals surface area contributed by atoms with Crippen LogP contribution in [-0.2, 0) is 35.1 Å². The molecule has 318 valence electrons. The van der Waals surface area contributed by atoms with Gasteiger partial charge in [-0.1, -0.05) is 6.92 Å². The monoisotopic (exact) mass is 825 g/mol. The number of carbonyl (C=O) groups is 6. The van der Waals surface area contributed by atoms with Gasteiger partial charge in [0.05, 0.1) is 6.04 Å². The van der Waals surface area contributed by atoms with Crippen LogP contribution in [0.15, 0.2) is 36.4 Å². The number of fused-ring (bicyclic) bond motifs is 4. The molecule has 5 heterocycles. The van der Waals surface area contributed by atoms with Crippen molar-refractivity contribution in [3.8, 4) is 11.5 Å². The molecule has 0 bridgehead atoms. The number of hydrogen-bond acceptors (Lipinski definition) is 11. The molecule has 0 aliphatic carbocycles. The van der Waals surface area contributed by atoms with Crippen LogP contribution in [0, 0.1) is 17.6 Å². The molecule has 5 N–H and O–H groups in total. The molecule has 5 aliphatic heterocycles. The van der Waals surface area contributed by atoms with Gasteiger partial charge in [0.1, 0.15) is 54.7 Å². The number of aliphatic hydroxyl groups is 1. The molecule has 2 aromatic carbocycles. The van der Waals surface area contributed by atoms with Gasteiger partial charge in [0.25, 0.3) is 0 Å². The summed E-state index contributed by atoms with van der Waals surface area (Å²) in [6, 6.07) is -0.383. The fourth-order valence-electron chi connectivity index (χ4n) is 8.61. The van der Waals surface area contributed by atoms with Gasteiger partial charge in [-0.2, -0.15) is 0 Å². The summed E-state index contributed by atoms with van der Waals surface area (Å²) >= 11 is 0. The van der Waals surface area contributed by atoms with Crippen molar-refractivity contribution in [2.75, 3.05) is 38.4 Å². The number of benzene rings is 2. The van der Waals surface area contributed by atoms with Crippen molar-refractivity contribution in [1.82, 2.24) is 30.7 Å². The van der Waals surface area contributed by atoms with Crippen LogP contribution in [-0.4, -0.2) is 131 Å². The summed E-state index contributed by atoms with van der Waals surface area (Å²) in [6.45, 7) is 3.52. The number of halogens is 2. The van der Waals surface area contributed by atoms with E-state index in [9.17, 15) is 42.7 Å². The molecule has 19 heteroatoms. The zero-order chi connectivity index (χ0) is 42.0. The van der Waals surface area contributed by atoms with Crippen molar-refractivity contribution in [2.24, 2.45) is 5.92 Å². The first kappa shape index (κ1) is 41.6. The van der Waals surface area contributed by atoms with E-state index >= 15 is 0 Å². The van der Waals surface area contributed by atoms with Gasteiger partial charge in [-0.3, -0.25) is 28.9 Å². The van der Waals surface area contributed by atoms with Crippen LogP contribution in [0.1, 0.15) is 57.9 Å². The summed E-state index contributed by atoms with van der Waals surface area (Å²) in [5.74, 6) is -4.46. The van der Waals surface area contributed by atoms with Gasteiger partial charge < -0.3 is 50.4 Å². The Bertz CT molecular complexity index is 1950. The SMILES string of the molecule is C[C@H]1C[C@H]2C(=O)OC[C@H](NC(=O)[C@H](Cc3cc(F)cc(F)c3)NC(=O)Nc3ccc4c(c3)OCO4)C(=O)N3CCC[C@H]3C(=O)N3CCCC[C@H]3C(=O)N[C@@H](C)C(O)N2C1. The minimum Gasteiger partial charge on any atom is -0.462 e. The maximum absolute atomic E-state index is 14.5. The first-order chi connectivity index (χ1) is 28.2. The average Bonchev–Trinajstić information content (AvgIpc) is 3.97. The maximum Gasteiger partial charge on any atom is 0.323 e. The number of rotatable bonds is 6. The Kier molecular flexibility index (Phi) is 12.5. The standard InChI is InChI=1S/C40H49F2N7O10/c1-21-12-31-39(55)57-19-28(37(53)48-11-5-7-30(48)38(54)47-10-4-3-6-29(47)35(51)43-22(2)36(52)49(31)18-21)45-34(50)27(15-23-13-24(41)16-25(42)14-23)46-40(56)44-26-8-9-32-33(17-26)59-20-58-32/h8-9,13-14,16-17,21-22,27-31,36,52H,3-7,10-12,15,18-20H2,1-2H3,(H,43,51)(H,45,50)(H2,44,46,56)/t21-,22-,27-,28-,29-,30-,31-,36?/m0/s1. The van der Waals surface area contributed by atoms with Gasteiger partial charge in [0.15, 0.2) is 11.5 Å². The average molecular weight is 826 g/mol. The number of ether oxygens (including phenoxy) is 3. The molecule has 1 unspecified atom stereocenters. The molecule has 2 aromatic rings. The number of aliphatic hydroxyl groups excluding tert-OH is 1. The Morgan fingerprint density at radius 3 is 2.37 bits per heavy atom. The molecule has 0 radical (unpaired) electrons. The van der Waals surface area contributed by atoms with E-state index in [1.54, 1.807) is 13.0 Å². The molecule has 7 rings (SSSR count). The van der Waals surface area contributed by atoms with E-state index < -0.39 is 103 Å². The first-order valence-corrected chi connectivity index (χ1v) is 20.0. The third kappa shape index (κ3) is 9.35. The molecular weight excluding hydrogens is 776 g/mol. The Hall–Kier alpha value is -5.56. The van der Waals surface area contributed by atoms with Gasteiger partial charge in [0, 0.05) is 43.9 Å². The van der Waals surface area contributed by atoms with Crippen molar-refractivity contribution in [3.05, 3.63) is 53.6 Å². The molecule has 0 spiro atoms. The van der Waals surface area contributed by atoms with Crippen molar-refractivity contribution in [1.29, 1.82) is 0 Å². The summed E-state index contributed by atoms with van der Waals surface area (Å²) in [5, 5.41) is 22.0. The lowest BCUT2D eigenvalue weighted by Gasteiger charge is -2.40. The highest BCUT2D eigenvalue weighted by atomic mass is 19.1. The quantitative estimate of drug-likeness (QED) is 0.263. The van der Waals surface area contributed by atoms with Crippen LogP contribution in [0.4, 0.5) is 19.3 Å². The lowest BCUT2D eigenvalue weighted by molar-refractivity contribution is -0.159. The van der Waals surface area contributed by atoms with E-state index in [1.165, 1.54) is 26.8 Å². The molecule has 59 heavy (non-hydrogen) atoms. The number of piperidine rings is 1. The molecule has 5 aliphatic rings. The van der Waals surface area contributed by atoms with Crippen LogP contribution in [0.5, 0.6) is 11.5 Å². The van der Waals surface area contributed by atoms with E-state index in [2.05, 4.69) is 21.3 Å². The molecule has 6 amide bonds. The Morgan fingerprint density at radius 1 is 0.881 bits per heavy atom. The van der Waals surface area contributed by atoms with Crippen molar-refractivity contribution in [3.63, 3.8) is 0 Å². The number of anilines is 1. The normalized spacial score (nSPS) is 28.2. The van der Waals surface area contributed by atoms with Crippen LogP contribution >= 0.6 is 0 Å². The first-order valence-electron chi connectivity index (χ1n) is 20.0. The van der Waals surface area contributed by atoms with Crippen molar-refractivity contribution >= 4 is 41.3 Å². The lowest BCUT2D eigenvalue weighted by atomic mass is 9.99. The molecule has 8 atom stereocenters. The minimum atomic E-state index is -1.59. The lowest BCUT2D eigenvalue weighted by Crippen LogP contribution is -2.62. The predicted molar refractivity (Wildman–Crippen MR) is 203 cm³/mol. The fourth-order valence-corrected chi connectivity index (χ4v) is 8.61. The van der Waals surface area contributed by atoms with Gasteiger partial charge in [-0.05, 0) is 81.2 Å². The molecular formula is C40H49F2N7O10. The zero-order valence-corrected chi connectivity index (χ0v) is 32.8. The summed E-state index contributed by atoms with van der Waals surface area (Å²) in [5.41, 5.74) is 0.283. The number of hydrogen-bond donors (Lipinski definition) is 5. The topological polar surface area (TPSA) is 208 Å². The number of amides is 6. The maximum atomic E-state index is 14.5. The summed E-state index contributed by atoms with van der Waals surface area (Å²) in [4.78, 5) is 88.2.